The van der Waals surface area contributed by atoms with Gasteiger partial charge in [-0.1, -0.05) is 36.4 Å². The van der Waals surface area contributed by atoms with E-state index in [2.05, 4.69) is 43.0 Å². The number of piperidine rings is 2. The predicted octanol–water partition coefficient (Wildman–Crippen LogP) is 2.58. The Hall–Kier alpha value is -2.73. The van der Waals surface area contributed by atoms with Crippen molar-refractivity contribution in [3.8, 4) is 22.5 Å². The molecule has 3 aromatic rings. The van der Waals surface area contributed by atoms with Crippen LogP contribution in [-0.2, 0) is 16.7 Å². The van der Waals surface area contributed by atoms with Gasteiger partial charge in [0.2, 0.25) is 15.8 Å². The monoisotopic (exact) mass is 499 g/mol. The van der Waals surface area contributed by atoms with E-state index in [9.17, 15) is 12.8 Å². The Bertz CT molecular complexity index is 1250. The topological polar surface area (TPSA) is 130 Å². The first kappa shape index (κ1) is 24.0. The quantitative estimate of drug-likeness (QED) is 0.475. The fraction of sp³-hybridized carbons (Fsp3) is 0.458. The number of sulfonamides is 1. The molecule has 2 aromatic carbocycles. The Morgan fingerprint density at radius 2 is 1.74 bits per heavy atom. The van der Waals surface area contributed by atoms with Crippen molar-refractivity contribution in [3.63, 3.8) is 0 Å². The van der Waals surface area contributed by atoms with Crippen molar-refractivity contribution in [1.29, 1.82) is 0 Å². The van der Waals surface area contributed by atoms with Gasteiger partial charge in [-0.25, -0.2) is 17.9 Å². The van der Waals surface area contributed by atoms with Crippen LogP contribution in [0.1, 0.15) is 42.7 Å². The second-order valence-electron chi connectivity index (χ2n) is 9.30. The van der Waals surface area contributed by atoms with Crippen LogP contribution in [-0.4, -0.2) is 66.2 Å². The summed E-state index contributed by atoms with van der Waals surface area (Å²) in [7, 11) is -4.24. The lowest BCUT2D eigenvalue weighted by molar-refractivity contribution is 0.127. The Balaban J connectivity index is 1.42. The van der Waals surface area contributed by atoms with Gasteiger partial charge in [0.25, 0.3) is 0 Å². The molecule has 0 radical (unpaired) electrons. The number of H-pyrrole nitrogens is 1. The molecule has 2 aliphatic rings. The molecule has 11 heteroatoms. The third-order valence-electron chi connectivity index (χ3n) is 7.28. The zero-order valence-corrected chi connectivity index (χ0v) is 20.3. The highest BCUT2D eigenvalue weighted by molar-refractivity contribution is 7.89. The van der Waals surface area contributed by atoms with E-state index in [1.54, 1.807) is 6.07 Å². The lowest BCUT2D eigenvalue weighted by Gasteiger charge is -2.39. The van der Waals surface area contributed by atoms with Gasteiger partial charge in [0.05, 0.1) is 10.5 Å². The van der Waals surface area contributed by atoms with Gasteiger partial charge in [-0.15, -0.1) is 10.2 Å². The van der Waals surface area contributed by atoms with E-state index in [1.807, 2.05) is 12.1 Å². The van der Waals surface area contributed by atoms with E-state index in [4.69, 9.17) is 5.14 Å². The largest absolute Gasteiger partial charge is 0.317 e. The van der Waals surface area contributed by atoms with Gasteiger partial charge in [0.15, 0.2) is 0 Å². The molecule has 0 amide bonds. The standard InChI is InChI=1S/C24H30FN7O2S/c25-15-19-5-6-21(22(23(19)35(26,33)34)24-28-30-31-29-24)18-3-1-16(2-4-18)17-9-13-32(14-10-17)20-7-11-27-12-8-20/h1-6,17,20,27H,7-15H2,(H2,26,33,34)(H,28,29,30,31). The summed E-state index contributed by atoms with van der Waals surface area (Å²) in [4.78, 5) is 2.33. The predicted molar refractivity (Wildman–Crippen MR) is 131 cm³/mol. The Morgan fingerprint density at radius 3 is 2.34 bits per heavy atom. The van der Waals surface area contributed by atoms with Crippen molar-refractivity contribution < 1.29 is 12.8 Å². The fourth-order valence-electron chi connectivity index (χ4n) is 5.49. The van der Waals surface area contributed by atoms with E-state index >= 15 is 0 Å². The number of alkyl halides is 1. The van der Waals surface area contributed by atoms with Gasteiger partial charge in [0.1, 0.15) is 6.67 Å². The number of benzene rings is 2. The first-order valence-electron chi connectivity index (χ1n) is 12.0. The van der Waals surface area contributed by atoms with Crippen LogP contribution in [0, 0.1) is 0 Å². The summed E-state index contributed by atoms with van der Waals surface area (Å²) in [5, 5.41) is 22.7. The number of hydrogen-bond donors (Lipinski definition) is 3. The third-order valence-corrected chi connectivity index (χ3v) is 8.32. The number of tetrazole rings is 1. The minimum absolute atomic E-state index is 0.0341. The zero-order valence-electron chi connectivity index (χ0n) is 19.5. The maximum Gasteiger partial charge on any atom is 0.239 e. The smallest absolute Gasteiger partial charge is 0.239 e. The van der Waals surface area contributed by atoms with Crippen molar-refractivity contribution in [3.05, 3.63) is 47.5 Å². The molecule has 0 saturated carbocycles. The number of nitrogens with two attached hydrogens (primary N) is 1. The average Bonchev–Trinajstić information content (AvgIpc) is 3.43. The molecule has 1 aromatic heterocycles. The summed E-state index contributed by atoms with van der Waals surface area (Å²) in [6.07, 6.45) is 4.70. The highest BCUT2D eigenvalue weighted by atomic mass is 32.2. The van der Waals surface area contributed by atoms with E-state index in [-0.39, 0.29) is 21.8 Å². The number of aromatic amines is 1. The fourth-order valence-corrected chi connectivity index (χ4v) is 6.46. The van der Waals surface area contributed by atoms with Crippen LogP contribution < -0.4 is 10.5 Å². The molecule has 0 aliphatic carbocycles. The van der Waals surface area contributed by atoms with Crippen molar-refractivity contribution in [2.24, 2.45) is 5.14 Å². The summed E-state index contributed by atoms with van der Waals surface area (Å²) in [6, 6.07) is 12.0. The lowest BCUT2D eigenvalue weighted by Crippen LogP contribution is -2.46. The molecule has 9 nitrogen and oxygen atoms in total. The average molecular weight is 500 g/mol. The van der Waals surface area contributed by atoms with Crippen LogP contribution in [0.5, 0.6) is 0 Å². The molecule has 2 fully saturated rings. The number of primary sulfonamides is 1. The van der Waals surface area contributed by atoms with Crippen LogP contribution in [0.4, 0.5) is 4.39 Å². The van der Waals surface area contributed by atoms with E-state index < -0.39 is 16.7 Å². The highest BCUT2D eigenvalue weighted by Gasteiger charge is 2.28. The molecule has 5 rings (SSSR count). The van der Waals surface area contributed by atoms with Crippen LogP contribution in [0.2, 0.25) is 0 Å². The normalized spacial score (nSPS) is 18.7. The molecular formula is C24H30FN7O2S. The van der Waals surface area contributed by atoms with E-state index in [1.165, 1.54) is 24.5 Å². The summed E-state index contributed by atoms with van der Waals surface area (Å²) in [6.45, 7) is 3.46. The maximum absolute atomic E-state index is 13.7. The number of nitrogens with zero attached hydrogens (tertiary/aromatic N) is 4. The number of nitrogens with one attached hydrogen (secondary N) is 2. The molecule has 3 heterocycles. The van der Waals surface area contributed by atoms with Crippen molar-refractivity contribution in [2.75, 3.05) is 26.2 Å². The van der Waals surface area contributed by atoms with Gasteiger partial charge in [0, 0.05) is 11.6 Å². The molecule has 0 atom stereocenters. The molecule has 0 bridgehead atoms. The first-order valence-corrected chi connectivity index (χ1v) is 13.5. The van der Waals surface area contributed by atoms with Crippen molar-refractivity contribution in [2.45, 2.75) is 49.2 Å². The van der Waals surface area contributed by atoms with Gasteiger partial charge in [-0.2, -0.15) is 5.21 Å². The van der Waals surface area contributed by atoms with E-state index in [0.717, 1.165) is 44.6 Å². The van der Waals surface area contributed by atoms with Crippen LogP contribution in [0.25, 0.3) is 22.5 Å². The minimum Gasteiger partial charge on any atom is -0.317 e. The van der Waals surface area contributed by atoms with Crippen molar-refractivity contribution in [1.82, 2.24) is 30.8 Å². The molecule has 4 N–H and O–H groups in total. The number of likely N-dealkylation sites (tertiary alicyclic amines) is 1. The van der Waals surface area contributed by atoms with Crippen LogP contribution in [0.15, 0.2) is 41.3 Å². The molecule has 0 unspecified atom stereocenters. The third kappa shape index (κ3) is 4.99. The molecule has 2 aliphatic heterocycles. The van der Waals surface area contributed by atoms with Crippen LogP contribution >= 0.6 is 0 Å². The molecule has 0 spiro atoms. The van der Waals surface area contributed by atoms with E-state index in [0.29, 0.717) is 17.5 Å². The number of aromatic nitrogens is 4. The summed E-state index contributed by atoms with van der Waals surface area (Å²) >= 11 is 0. The Labute approximate surface area is 204 Å². The summed E-state index contributed by atoms with van der Waals surface area (Å²) < 4.78 is 38.5. The number of hydrogen-bond acceptors (Lipinski definition) is 7. The summed E-state index contributed by atoms with van der Waals surface area (Å²) in [5.74, 6) is 0.543. The zero-order chi connectivity index (χ0) is 24.4. The molecule has 186 valence electrons. The Morgan fingerprint density at radius 1 is 1.03 bits per heavy atom. The Kier molecular flexibility index (Phi) is 6.92. The second kappa shape index (κ2) is 10.1. The van der Waals surface area contributed by atoms with Gasteiger partial charge in [-0.3, -0.25) is 0 Å². The SMILES string of the molecule is NS(=O)(=O)c1c(CF)ccc(-c2ccc(C3CCN(C4CCNCC4)CC3)cc2)c1-c1nn[nH]n1. The number of rotatable bonds is 6. The number of halogens is 1. The lowest BCUT2D eigenvalue weighted by atomic mass is 9.87. The molecular weight excluding hydrogens is 469 g/mol. The first-order chi connectivity index (χ1) is 17.0. The highest BCUT2D eigenvalue weighted by Crippen LogP contribution is 2.38. The summed E-state index contributed by atoms with van der Waals surface area (Å²) in [5.41, 5.74) is 2.72. The second-order valence-corrected chi connectivity index (χ2v) is 10.8. The van der Waals surface area contributed by atoms with Gasteiger partial charge >= 0.3 is 0 Å². The molecule has 35 heavy (non-hydrogen) atoms. The van der Waals surface area contributed by atoms with Crippen molar-refractivity contribution >= 4 is 10.0 Å². The minimum atomic E-state index is -4.24. The van der Waals surface area contributed by atoms with Crippen LogP contribution in [0.3, 0.4) is 0 Å². The maximum atomic E-state index is 13.7. The van der Waals surface area contributed by atoms with Gasteiger partial charge in [-0.05, 0) is 79.7 Å². The molecule has 2 saturated heterocycles. The van der Waals surface area contributed by atoms with Gasteiger partial charge < -0.3 is 10.2 Å².